The molecule has 1 aliphatic rings. The second kappa shape index (κ2) is 5.39. The van der Waals surface area contributed by atoms with Crippen molar-refractivity contribution in [3.8, 4) is 0 Å². The third-order valence-electron chi connectivity index (χ3n) is 3.16. The van der Waals surface area contributed by atoms with Crippen LogP contribution in [0.15, 0.2) is 42.5 Å². The zero-order valence-corrected chi connectivity index (χ0v) is 12.5. The number of hydrogen-bond acceptors (Lipinski definition) is 3. The summed E-state index contributed by atoms with van der Waals surface area (Å²) in [4.78, 5) is 24.5. The minimum atomic E-state index is -0.392. The molecule has 0 aromatic heterocycles. The average molecular weight is 260 g/mol. The molecule has 88 valence electrons. The summed E-state index contributed by atoms with van der Waals surface area (Å²) in [6, 6.07) is 11.5. The largest absolute Gasteiger partial charge is 1.00 e. The summed E-state index contributed by atoms with van der Waals surface area (Å²) < 4.78 is 0. The molecule has 0 saturated heterocycles. The normalized spacial score (nSPS) is 12.5. The Hall–Kier alpha value is -1.26. The molecule has 0 N–H and O–H groups in total. The Balaban J connectivity index is 0.00000133. The van der Waals surface area contributed by atoms with Gasteiger partial charge in [-0.2, -0.15) is 0 Å². The predicted molar refractivity (Wildman–Crippen MR) is 63.5 cm³/mol. The van der Waals surface area contributed by atoms with Crippen molar-refractivity contribution in [3.63, 3.8) is 0 Å². The second-order valence-corrected chi connectivity index (χ2v) is 4.23. The second-order valence-electron chi connectivity index (χ2n) is 4.23. The van der Waals surface area contributed by atoms with Crippen LogP contribution in [0.1, 0.15) is 37.4 Å². The quantitative estimate of drug-likeness (QED) is 0.491. The van der Waals surface area contributed by atoms with Crippen molar-refractivity contribution < 1.29 is 44.3 Å². The van der Waals surface area contributed by atoms with Crippen LogP contribution in [-0.2, 0) is 6.61 Å². The van der Waals surface area contributed by atoms with Crippen LogP contribution in [0.5, 0.6) is 0 Å². The maximum Gasteiger partial charge on any atom is 1.00 e. The van der Waals surface area contributed by atoms with Crippen LogP contribution < -0.4 is 34.7 Å². The molecule has 2 aromatic carbocycles. The van der Waals surface area contributed by atoms with E-state index in [9.17, 15) is 14.7 Å². The van der Waals surface area contributed by atoms with Gasteiger partial charge >= 0.3 is 29.6 Å². The first-order chi connectivity index (χ1) is 8.72. The van der Waals surface area contributed by atoms with Gasteiger partial charge in [0.25, 0.3) is 0 Å². The smallest absolute Gasteiger partial charge is 0.851 e. The monoisotopic (exact) mass is 260 g/mol. The molecule has 4 heteroatoms. The van der Waals surface area contributed by atoms with Crippen LogP contribution in [0.3, 0.4) is 0 Å². The molecule has 0 radical (unpaired) electrons. The summed E-state index contributed by atoms with van der Waals surface area (Å²) in [5.74, 6) is -0.340. The third kappa shape index (κ3) is 2.19. The fraction of sp³-hybridized carbons (Fsp3) is 0.0667. The molecule has 3 rings (SSSR count). The number of benzene rings is 2. The number of carbonyl (C=O) groups is 2. The molecule has 0 unspecified atom stereocenters. The molecule has 1 aliphatic carbocycles. The predicted octanol–water partition coefficient (Wildman–Crippen LogP) is -1.67. The van der Waals surface area contributed by atoms with Crippen molar-refractivity contribution in [2.45, 2.75) is 6.61 Å². The van der Waals surface area contributed by atoms with Gasteiger partial charge in [0.15, 0.2) is 11.6 Å². The van der Waals surface area contributed by atoms with Gasteiger partial charge in [0, 0.05) is 22.3 Å². The van der Waals surface area contributed by atoms with E-state index in [1.165, 1.54) is 6.07 Å². The van der Waals surface area contributed by atoms with E-state index in [4.69, 9.17) is 0 Å². The van der Waals surface area contributed by atoms with Gasteiger partial charge in [0.1, 0.15) is 0 Å². The fourth-order valence-electron chi connectivity index (χ4n) is 2.24. The van der Waals surface area contributed by atoms with Crippen molar-refractivity contribution in [1.82, 2.24) is 0 Å². The molecule has 0 bridgehead atoms. The first-order valence-electron chi connectivity index (χ1n) is 5.62. The summed E-state index contributed by atoms with van der Waals surface area (Å²) in [5, 5.41) is 10.9. The van der Waals surface area contributed by atoms with E-state index < -0.39 is 6.61 Å². The molecule has 0 saturated carbocycles. The number of carbonyl (C=O) groups excluding carboxylic acids is 2. The van der Waals surface area contributed by atoms with Crippen molar-refractivity contribution in [2.24, 2.45) is 0 Å². The van der Waals surface area contributed by atoms with Gasteiger partial charge in [0.2, 0.25) is 0 Å². The molecule has 0 amide bonds. The maximum atomic E-state index is 12.3. The number of rotatable bonds is 1. The van der Waals surface area contributed by atoms with Crippen LogP contribution in [-0.4, -0.2) is 11.6 Å². The molecular weight excluding hydrogens is 251 g/mol. The fourth-order valence-corrected chi connectivity index (χ4v) is 2.24. The topological polar surface area (TPSA) is 57.2 Å². The van der Waals surface area contributed by atoms with Gasteiger partial charge in [0.05, 0.1) is 0 Å². The van der Waals surface area contributed by atoms with Crippen LogP contribution >= 0.6 is 0 Å². The first-order valence-corrected chi connectivity index (χ1v) is 5.62. The Morgan fingerprint density at radius 2 is 1.32 bits per heavy atom. The van der Waals surface area contributed by atoms with Gasteiger partial charge < -0.3 is 5.11 Å². The molecule has 0 atom stereocenters. The molecular formula is C15H9NaO3. The van der Waals surface area contributed by atoms with Gasteiger partial charge in [-0.3, -0.25) is 9.59 Å². The van der Waals surface area contributed by atoms with Gasteiger partial charge in [-0.15, -0.1) is 6.61 Å². The summed E-state index contributed by atoms with van der Waals surface area (Å²) >= 11 is 0. The Bertz CT molecular complexity index is 677. The SMILES string of the molecule is O=C1c2ccccc2C(=O)c2cc(C[O-])ccc21.[Na+]. The summed E-state index contributed by atoms with van der Waals surface area (Å²) in [6.07, 6.45) is 0. The van der Waals surface area contributed by atoms with Gasteiger partial charge in [-0.25, -0.2) is 0 Å². The number of hydrogen-bond donors (Lipinski definition) is 0. The van der Waals surface area contributed by atoms with Crippen molar-refractivity contribution in [2.75, 3.05) is 0 Å². The van der Waals surface area contributed by atoms with E-state index in [2.05, 4.69) is 0 Å². The van der Waals surface area contributed by atoms with E-state index in [1.807, 2.05) is 0 Å². The summed E-state index contributed by atoms with van der Waals surface area (Å²) in [5.41, 5.74) is 2.10. The number of ketones is 2. The van der Waals surface area contributed by atoms with Crippen molar-refractivity contribution >= 4 is 11.6 Å². The molecule has 0 heterocycles. The zero-order chi connectivity index (χ0) is 12.7. The van der Waals surface area contributed by atoms with Crippen LogP contribution in [0.25, 0.3) is 0 Å². The van der Waals surface area contributed by atoms with Crippen LogP contribution in [0.4, 0.5) is 0 Å². The Labute approximate surface area is 132 Å². The summed E-state index contributed by atoms with van der Waals surface area (Å²) in [7, 11) is 0. The molecule has 0 aliphatic heterocycles. The first kappa shape index (κ1) is 14.2. The molecule has 2 aromatic rings. The third-order valence-corrected chi connectivity index (χ3v) is 3.16. The van der Waals surface area contributed by atoms with Crippen molar-refractivity contribution in [3.05, 3.63) is 70.3 Å². The molecule has 19 heavy (non-hydrogen) atoms. The summed E-state index contributed by atoms with van der Waals surface area (Å²) in [6.45, 7) is -0.392. The standard InChI is InChI=1S/C15H9O3.Na/c16-8-9-5-6-12-13(7-9)15(18)11-4-2-1-3-10(11)14(12)17;/h1-7H,8H2;/q-1;+1. The van der Waals surface area contributed by atoms with Crippen LogP contribution in [0, 0.1) is 0 Å². The van der Waals surface area contributed by atoms with E-state index in [1.54, 1.807) is 36.4 Å². The minimum absolute atomic E-state index is 0. The van der Waals surface area contributed by atoms with Gasteiger partial charge in [-0.05, 0) is 6.07 Å². The number of fused-ring (bicyclic) bond motifs is 2. The van der Waals surface area contributed by atoms with Gasteiger partial charge in [-0.1, -0.05) is 42.0 Å². The Morgan fingerprint density at radius 3 is 1.89 bits per heavy atom. The molecule has 0 spiro atoms. The Kier molecular flexibility index (Phi) is 4.02. The molecule has 3 nitrogen and oxygen atoms in total. The minimum Gasteiger partial charge on any atom is -0.851 e. The Morgan fingerprint density at radius 1 is 0.789 bits per heavy atom. The van der Waals surface area contributed by atoms with E-state index in [0.29, 0.717) is 27.8 Å². The van der Waals surface area contributed by atoms with E-state index >= 15 is 0 Å². The average Bonchev–Trinajstić information content (AvgIpc) is 2.44. The zero-order valence-electron chi connectivity index (χ0n) is 10.5. The van der Waals surface area contributed by atoms with Crippen molar-refractivity contribution in [1.29, 1.82) is 0 Å². The maximum absolute atomic E-state index is 12.3. The van der Waals surface area contributed by atoms with Crippen LogP contribution in [0.2, 0.25) is 0 Å². The van der Waals surface area contributed by atoms with E-state index in [-0.39, 0.29) is 41.1 Å². The molecule has 0 fully saturated rings. The van der Waals surface area contributed by atoms with E-state index in [0.717, 1.165) is 0 Å².